The van der Waals surface area contributed by atoms with Crippen LogP contribution in [-0.4, -0.2) is 36.2 Å². The predicted molar refractivity (Wildman–Crippen MR) is 78.5 cm³/mol. The van der Waals surface area contributed by atoms with E-state index in [0.29, 0.717) is 5.41 Å². The molecule has 0 amide bonds. The van der Waals surface area contributed by atoms with E-state index >= 15 is 0 Å². The molecule has 0 atom stereocenters. The number of ether oxygens (including phenoxy) is 1. The van der Waals surface area contributed by atoms with Gasteiger partial charge in [0.1, 0.15) is 0 Å². The maximum Gasteiger partial charge on any atom is 0.0926 e. The second-order valence-electron chi connectivity index (χ2n) is 6.01. The zero-order valence-corrected chi connectivity index (χ0v) is 12.7. The van der Waals surface area contributed by atoms with Crippen LogP contribution in [0, 0.1) is 5.41 Å². The fraction of sp³-hybridized carbons (Fsp3) is 0.800. The van der Waals surface area contributed by atoms with Crippen LogP contribution in [0.25, 0.3) is 0 Å². The minimum atomic E-state index is 0.542. The number of hydrogen-bond donors (Lipinski definition) is 0. The first-order chi connectivity index (χ1) is 9.30. The summed E-state index contributed by atoms with van der Waals surface area (Å²) in [4.78, 5) is 7.32. The van der Waals surface area contributed by atoms with Gasteiger partial charge in [-0.1, -0.05) is 6.92 Å². The average molecular weight is 280 g/mol. The molecule has 0 saturated carbocycles. The minimum absolute atomic E-state index is 0.542. The van der Waals surface area contributed by atoms with Crippen molar-refractivity contribution in [1.29, 1.82) is 0 Å². The first-order valence-electron chi connectivity index (χ1n) is 7.53. The Balaban J connectivity index is 1.61. The van der Waals surface area contributed by atoms with Crippen LogP contribution in [0.1, 0.15) is 43.3 Å². The molecular formula is C15H24N2OS. The van der Waals surface area contributed by atoms with Crippen molar-refractivity contribution in [2.75, 3.05) is 26.3 Å². The zero-order chi connectivity index (χ0) is 13.1. The number of aromatic nitrogens is 1. The number of likely N-dealkylation sites (tertiary alicyclic amines) is 1. The van der Waals surface area contributed by atoms with E-state index < -0.39 is 0 Å². The number of piperidine rings is 1. The molecule has 2 saturated heterocycles. The summed E-state index contributed by atoms with van der Waals surface area (Å²) >= 11 is 1.81. The number of hydrogen-bond acceptors (Lipinski definition) is 4. The van der Waals surface area contributed by atoms with E-state index in [1.165, 1.54) is 49.5 Å². The molecule has 1 aromatic rings. The SMILES string of the molecule is CCc1nc(CN2CCCC3(CCOCC3)C2)cs1. The van der Waals surface area contributed by atoms with Gasteiger partial charge in [0.15, 0.2) is 0 Å². The highest BCUT2D eigenvalue weighted by molar-refractivity contribution is 7.09. The summed E-state index contributed by atoms with van der Waals surface area (Å²) in [6.07, 6.45) is 6.29. The molecule has 19 heavy (non-hydrogen) atoms. The second-order valence-corrected chi connectivity index (χ2v) is 6.96. The Morgan fingerprint density at radius 2 is 2.21 bits per heavy atom. The molecule has 1 spiro atoms. The number of rotatable bonds is 3. The van der Waals surface area contributed by atoms with Crippen molar-refractivity contribution in [1.82, 2.24) is 9.88 Å². The van der Waals surface area contributed by atoms with E-state index in [0.717, 1.165) is 26.2 Å². The molecule has 2 fully saturated rings. The summed E-state index contributed by atoms with van der Waals surface area (Å²) in [5.41, 5.74) is 1.81. The van der Waals surface area contributed by atoms with Crippen LogP contribution in [0.15, 0.2) is 5.38 Å². The third kappa shape index (κ3) is 3.18. The molecular weight excluding hydrogens is 256 g/mol. The van der Waals surface area contributed by atoms with E-state index in [9.17, 15) is 0 Å². The summed E-state index contributed by atoms with van der Waals surface area (Å²) in [5.74, 6) is 0. The largest absolute Gasteiger partial charge is 0.381 e. The van der Waals surface area contributed by atoms with Crippen LogP contribution in [-0.2, 0) is 17.7 Å². The highest BCUT2D eigenvalue weighted by Gasteiger charge is 2.36. The molecule has 0 bridgehead atoms. The molecule has 4 heteroatoms. The Bertz CT molecular complexity index is 407. The van der Waals surface area contributed by atoms with Gasteiger partial charge in [0.25, 0.3) is 0 Å². The van der Waals surface area contributed by atoms with Gasteiger partial charge >= 0.3 is 0 Å². The second kappa shape index (κ2) is 5.90. The van der Waals surface area contributed by atoms with E-state index in [2.05, 4.69) is 17.2 Å². The van der Waals surface area contributed by atoms with Crippen LogP contribution in [0.5, 0.6) is 0 Å². The average Bonchev–Trinajstić information content (AvgIpc) is 2.87. The molecule has 0 aliphatic carbocycles. The molecule has 3 rings (SSSR count). The summed E-state index contributed by atoms with van der Waals surface area (Å²) in [7, 11) is 0. The quantitative estimate of drug-likeness (QED) is 0.850. The molecule has 2 aliphatic rings. The molecule has 0 radical (unpaired) electrons. The maximum absolute atomic E-state index is 5.54. The van der Waals surface area contributed by atoms with Crippen molar-refractivity contribution in [3.05, 3.63) is 16.1 Å². The van der Waals surface area contributed by atoms with Gasteiger partial charge in [-0.3, -0.25) is 4.90 Å². The number of aryl methyl sites for hydroxylation is 1. The van der Waals surface area contributed by atoms with Crippen LogP contribution < -0.4 is 0 Å². The Labute approximate surface area is 120 Å². The first kappa shape index (κ1) is 13.5. The Kier molecular flexibility index (Phi) is 4.20. The Morgan fingerprint density at radius 3 is 2.95 bits per heavy atom. The van der Waals surface area contributed by atoms with E-state index in [1.807, 2.05) is 11.3 Å². The third-order valence-corrected chi connectivity index (χ3v) is 5.62. The van der Waals surface area contributed by atoms with Gasteiger partial charge < -0.3 is 4.74 Å². The van der Waals surface area contributed by atoms with Gasteiger partial charge in [-0.25, -0.2) is 4.98 Å². The molecule has 3 nitrogen and oxygen atoms in total. The van der Waals surface area contributed by atoms with Crippen molar-refractivity contribution < 1.29 is 4.74 Å². The van der Waals surface area contributed by atoms with E-state index in [-0.39, 0.29) is 0 Å². The van der Waals surface area contributed by atoms with E-state index in [1.54, 1.807) is 0 Å². The molecule has 3 heterocycles. The number of nitrogens with zero attached hydrogens (tertiary/aromatic N) is 2. The standard InChI is InChI=1S/C15H24N2OS/c1-2-14-16-13(11-19-14)10-17-7-3-4-15(12-17)5-8-18-9-6-15/h11H,2-10,12H2,1H3. The summed E-state index contributed by atoms with van der Waals surface area (Å²) in [5, 5.41) is 3.51. The maximum atomic E-state index is 5.54. The van der Waals surface area contributed by atoms with Crippen molar-refractivity contribution in [2.45, 2.75) is 45.6 Å². The fourth-order valence-electron chi connectivity index (χ4n) is 3.47. The molecule has 0 N–H and O–H groups in total. The Morgan fingerprint density at radius 1 is 1.37 bits per heavy atom. The minimum Gasteiger partial charge on any atom is -0.381 e. The summed E-state index contributed by atoms with van der Waals surface area (Å²) in [6.45, 7) is 7.63. The van der Waals surface area contributed by atoms with Gasteiger partial charge in [0.2, 0.25) is 0 Å². The van der Waals surface area contributed by atoms with Crippen molar-refractivity contribution in [2.24, 2.45) is 5.41 Å². The lowest BCUT2D eigenvalue weighted by molar-refractivity contribution is -0.0293. The lowest BCUT2D eigenvalue weighted by Gasteiger charge is -2.45. The number of thiazole rings is 1. The normalized spacial score (nSPS) is 23.8. The highest BCUT2D eigenvalue weighted by Crippen LogP contribution is 2.39. The van der Waals surface area contributed by atoms with Gasteiger partial charge in [0.05, 0.1) is 10.7 Å². The topological polar surface area (TPSA) is 25.4 Å². The monoisotopic (exact) mass is 280 g/mol. The van der Waals surface area contributed by atoms with Crippen LogP contribution in [0.4, 0.5) is 0 Å². The molecule has 106 valence electrons. The summed E-state index contributed by atoms with van der Waals surface area (Å²) in [6, 6.07) is 0. The van der Waals surface area contributed by atoms with Crippen molar-refractivity contribution in [3.8, 4) is 0 Å². The lowest BCUT2D eigenvalue weighted by Crippen LogP contribution is -2.45. The van der Waals surface area contributed by atoms with Gasteiger partial charge in [-0.2, -0.15) is 0 Å². The van der Waals surface area contributed by atoms with E-state index in [4.69, 9.17) is 9.72 Å². The predicted octanol–water partition coefficient (Wildman–Crippen LogP) is 3.10. The van der Waals surface area contributed by atoms with Crippen molar-refractivity contribution >= 4 is 11.3 Å². The molecule has 2 aliphatic heterocycles. The Hall–Kier alpha value is -0.450. The fourth-order valence-corrected chi connectivity index (χ4v) is 4.21. The van der Waals surface area contributed by atoms with Gasteiger partial charge in [-0.15, -0.1) is 11.3 Å². The zero-order valence-electron chi connectivity index (χ0n) is 11.9. The van der Waals surface area contributed by atoms with Crippen LogP contribution in [0.3, 0.4) is 0 Å². The van der Waals surface area contributed by atoms with Crippen LogP contribution in [0.2, 0.25) is 0 Å². The smallest absolute Gasteiger partial charge is 0.0926 e. The lowest BCUT2D eigenvalue weighted by atomic mass is 9.74. The van der Waals surface area contributed by atoms with Crippen molar-refractivity contribution in [3.63, 3.8) is 0 Å². The molecule has 0 aromatic carbocycles. The highest BCUT2D eigenvalue weighted by atomic mass is 32.1. The van der Waals surface area contributed by atoms with Gasteiger partial charge in [-0.05, 0) is 44.1 Å². The molecule has 0 unspecified atom stereocenters. The van der Waals surface area contributed by atoms with Crippen LogP contribution >= 0.6 is 11.3 Å². The first-order valence-corrected chi connectivity index (χ1v) is 8.41. The summed E-state index contributed by atoms with van der Waals surface area (Å²) < 4.78 is 5.54. The van der Waals surface area contributed by atoms with Gasteiger partial charge in [0, 0.05) is 31.7 Å². The third-order valence-electron chi connectivity index (χ3n) is 4.58. The molecule has 1 aromatic heterocycles.